The Hall–Kier alpha value is -2.16. The van der Waals surface area contributed by atoms with E-state index in [0.717, 1.165) is 42.3 Å². The van der Waals surface area contributed by atoms with E-state index in [0.29, 0.717) is 6.42 Å². The van der Waals surface area contributed by atoms with Crippen molar-refractivity contribution in [3.8, 4) is 6.07 Å². The number of nitriles is 1. The van der Waals surface area contributed by atoms with Crippen LogP contribution in [0.3, 0.4) is 0 Å². The Morgan fingerprint density at radius 1 is 1.29 bits per heavy atom. The lowest BCUT2D eigenvalue weighted by molar-refractivity contribution is 0.107. The lowest BCUT2D eigenvalue weighted by Crippen LogP contribution is -2.25. The van der Waals surface area contributed by atoms with Gasteiger partial charge in [0.2, 0.25) is 0 Å². The van der Waals surface area contributed by atoms with Gasteiger partial charge in [-0.15, -0.1) is 0 Å². The van der Waals surface area contributed by atoms with E-state index in [-0.39, 0.29) is 12.1 Å². The Morgan fingerprint density at radius 2 is 2.00 bits per heavy atom. The molecule has 1 aliphatic heterocycles. The number of methoxy groups -OCH3 is 1. The number of hydrogen-bond acceptors (Lipinski definition) is 4. The lowest BCUT2D eigenvalue weighted by Gasteiger charge is -2.22. The minimum Gasteiger partial charge on any atom is -0.380 e. The van der Waals surface area contributed by atoms with Crippen LogP contribution in [0.2, 0.25) is 0 Å². The topological polar surface area (TPSA) is 64.9 Å². The highest BCUT2D eigenvalue weighted by atomic mass is 16.5. The van der Waals surface area contributed by atoms with Gasteiger partial charge in [0.25, 0.3) is 0 Å². The van der Waals surface area contributed by atoms with E-state index in [2.05, 4.69) is 35.0 Å². The Bertz CT molecular complexity index is 709. The minimum atomic E-state index is 0.235. The van der Waals surface area contributed by atoms with Crippen molar-refractivity contribution in [1.82, 2.24) is 14.9 Å². The van der Waals surface area contributed by atoms with Gasteiger partial charge in [0.1, 0.15) is 5.82 Å². The second-order valence-corrected chi connectivity index (χ2v) is 6.52. The Kier molecular flexibility index (Phi) is 4.98. The highest BCUT2D eigenvalue weighted by molar-refractivity contribution is 5.25. The Morgan fingerprint density at radius 3 is 2.58 bits per heavy atom. The van der Waals surface area contributed by atoms with Crippen molar-refractivity contribution in [2.75, 3.05) is 13.7 Å². The molecule has 1 aromatic heterocycles. The molecule has 2 heterocycles. The number of nitrogens with one attached hydrogen (secondary N) is 1. The fourth-order valence-corrected chi connectivity index (χ4v) is 3.31. The number of likely N-dealkylation sites (tertiary alicyclic amines) is 1. The van der Waals surface area contributed by atoms with E-state index in [4.69, 9.17) is 15.0 Å². The van der Waals surface area contributed by atoms with Gasteiger partial charge in [0, 0.05) is 25.9 Å². The van der Waals surface area contributed by atoms with Gasteiger partial charge in [-0.3, -0.25) is 4.90 Å². The molecule has 0 amide bonds. The number of aromatic nitrogens is 2. The molecule has 0 bridgehead atoms. The summed E-state index contributed by atoms with van der Waals surface area (Å²) in [5.41, 5.74) is 4.50. The van der Waals surface area contributed by atoms with Crippen LogP contribution in [-0.2, 0) is 17.7 Å². The van der Waals surface area contributed by atoms with Crippen molar-refractivity contribution in [1.29, 1.82) is 5.26 Å². The predicted molar refractivity (Wildman–Crippen MR) is 92.4 cm³/mol. The van der Waals surface area contributed by atoms with E-state index < -0.39 is 0 Å². The first-order valence-electron chi connectivity index (χ1n) is 8.35. The summed E-state index contributed by atoms with van der Waals surface area (Å²) in [6.07, 6.45) is 1.65. The van der Waals surface area contributed by atoms with Crippen molar-refractivity contribution in [3.05, 3.63) is 52.6 Å². The van der Waals surface area contributed by atoms with Crippen LogP contribution in [0.4, 0.5) is 0 Å². The zero-order chi connectivity index (χ0) is 17.1. The monoisotopic (exact) mass is 324 g/mol. The first kappa shape index (κ1) is 16.7. The molecule has 1 aromatic carbocycles. The first-order chi connectivity index (χ1) is 11.6. The molecule has 1 N–H and O–H groups in total. The zero-order valence-corrected chi connectivity index (χ0v) is 14.5. The van der Waals surface area contributed by atoms with Gasteiger partial charge in [0.05, 0.1) is 30.3 Å². The third-order valence-electron chi connectivity index (χ3n) is 4.85. The van der Waals surface area contributed by atoms with Crippen LogP contribution in [0.1, 0.15) is 40.8 Å². The highest BCUT2D eigenvalue weighted by Gasteiger charge is 2.35. The number of aromatic amines is 1. The van der Waals surface area contributed by atoms with Crippen molar-refractivity contribution >= 4 is 0 Å². The molecule has 1 saturated heterocycles. The van der Waals surface area contributed by atoms with Crippen LogP contribution in [0.15, 0.2) is 24.3 Å². The molecule has 2 aromatic rings. The van der Waals surface area contributed by atoms with E-state index in [1.54, 1.807) is 7.11 Å². The van der Waals surface area contributed by atoms with E-state index in [1.807, 2.05) is 19.1 Å². The minimum absolute atomic E-state index is 0.235. The van der Waals surface area contributed by atoms with Gasteiger partial charge >= 0.3 is 0 Å². The number of hydrogen-bond donors (Lipinski definition) is 1. The van der Waals surface area contributed by atoms with Crippen molar-refractivity contribution < 1.29 is 4.74 Å². The SMILES string of the molecule is CO[C@@H]1C[C@@H](c2nc(C)c(C)[nH]2)N(Cc2ccc(CC#N)cc2)C1. The average molecular weight is 324 g/mol. The molecule has 24 heavy (non-hydrogen) atoms. The molecule has 1 fully saturated rings. The van der Waals surface area contributed by atoms with Crippen molar-refractivity contribution in [3.63, 3.8) is 0 Å². The molecule has 0 aliphatic carbocycles. The smallest absolute Gasteiger partial charge is 0.124 e. The molecule has 126 valence electrons. The summed E-state index contributed by atoms with van der Waals surface area (Å²) in [6, 6.07) is 10.7. The van der Waals surface area contributed by atoms with Crippen molar-refractivity contribution in [2.24, 2.45) is 0 Å². The summed E-state index contributed by atoms with van der Waals surface area (Å²) in [7, 11) is 1.78. The summed E-state index contributed by atoms with van der Waals surface area (Å²) in [4.78, 5) is 10.6. The molecular formula is C19H24N4O. The van der Waals surface area contributed by atoms with Crippen LogP contribution in [-0.4, -0.2) is 34.6 Å². The molecule has 0 radical (unpaired) electrons. The number of rotatable bonds is 5. The van der Waals surface area contributed by atoms with Gasteiger partial charge in [-0.25, -0.2) is 4.98 Å². The maximum absolute atomic E-state index is 8.78. The first-order valence-corrected chi connectivity index (χ1v) is 8.35. The molecule has 3 rings (SSSR count). The fraction of sp³-hybridized carbons (Fsp3) is 0.474. The molecule has 0 spiro atoms. The molecule has 0 saturated carbocycles. The fourth-order valence-electron chi connectivity index (χ4n) is 3.31. The van der Waals surface area contributed by atoms with E-state index in [1.165, 1.54) is 5.56 Å². The number of aryl methyl sites for hydroxylation is 2. The standard InChI is InChI=1S/C19H24N4O/c1-13-14(2)22-19(21-13)18-10-17(24-3)12-23(18)11-16-6-4-15(5-7-16)8-9-20/h4-7,17-18H,8,10-12H2,1-3H3,(H,21,22)/t17-,18+/m1/s1. The number of ether oxygens (including phenoxy) is 1. The van der Waals surface area contributed by atoms with Crippen LogP contribution in [0, 0.1) is 25.2 Å². The summed E-state index contributed by atoms with van der Waals surface area (Å²) < 4.78 is 5.60. The van der Waals surface area contributed by atoms with Crippen LogP contribution in [0.5, 0.6) is 0 Å². The largest absolute Gasteiger partial charge is 0.380 e. The lowest BCUT2D eigenvalue weighted by atomic mass is 10.1. The molecule has 2 atom stereocenters. The third-order valence-corrected chi connectivity index (χ3v) is 4.85. The molecule has 1 aliphatic rings. The maximum atomic E-state index is 8.78. The molecule has 0 unspecified atom stereocenters. The predicted octanol–water partition coefficient (Wildman–Crippen LogP) is 3.05. The molecule has 5 heteroatoms. The highest BCUT2D eigenvalue weighted by Crippen LogP contribution is 2.33. The quantitative estimate of drug-likeness (QED) is 0.918. The van der Waals surface area contributed by atoms with Gasteiger partial charge in [-0.2, -0.15) is 5.26 Å². The second kappa shape index (κ2) is 7.16. The van der Waals surface area contributed by atoms with Crippen LogP contribution in [0.25, 0.3) is 0 Å². The summed E-state index contributed by atoms with van der Waals surface area (Å²) >= 11 is 0. The van der Waals surface area contributed by atoms with E-state index in [9.17, 15) is 0 Å². The third kappa shape index (κ3) is 3.50. The van der Waals surface area contributed by atoms with Gasteiger partial charge in [0.15, 0.2) is 0 Å². The van der Waals surface area contributed by atoms with Crippen molar-refractivity contribution in [2.45, 2.75) is 45.4 Å². The summed E-state index contributed by atoms with van der Waals surface area (Å²) in [5, 5.41) is 8.78. The Labute approximate surface area is 143 Å². The maximum Gasteiger partial charge on any atom is 0.124 e. The van der Waals surface area contributed by atoms with Crippen LogP contribution >= 0.6 is 0 Å². The van der Waals surface area contributed by atoms with Gasteiger partial charge in [-0.1, -0.05) is 24.3 Å². The van der Waals surface area contributed by atoms with E-state index >= 15 is 0 Å². The van der Waals surface area contributed by atoms with Gasteiger partial charge in [-0.05, 0) is 31.4 Å². The number of imidazole rings is 1. The average Bonchev–Trinajstić information content (AvgIpc) is 3.13. The number of nitrogens with zero attached hydrogens (tertiary/aromatic N) is 3. The second-order valence-electron chi connectivity index (χ2n) is 6.52. The number of benzene rings is 1. The zero-order valence-electron chi connectivity index (χ0n) is 14.5. The van der Waals surface area contributed by atoms with Gasteiger partial charge < -0.3 is 9.72 Å². The summed E-state index contributed by atoms with van der Waals surface area (Å²) in [5.74, 6) is 1.03. The molecular weight excluding hydrogens is 300 g/mol. The molecule has 5 nitrogen and oxygen atoms in total. The Balaban J connectivity index is 1.77. The summed E-state index contributed by atoms with van der Waals surface area (Å²) in [6.45, 7) is 5.86. The van der Waals surface area contributed by atoms with Crippen LogP contribution < -0.4 is 0 Å². The number of H-pyrrole nitrogens is 1. The normalized spacial score (nSPS) is 21.1.